The molecule has 0 amide bonds. The molecule has 0 heterocycles. The molecule has 0 fully saturated rings. The van der Waals surface area contributed by atoms with Crippen LogP contribution in [0.3, 0.4) is 0 Å². The molecule has 0 aliphatic rings. The van der Waals surface area contributed by atoms with Crippen molar-refractivity contribution in [2.24, 2.45) is 0 Å². The van der Waals surface area contributed by atoms with Gasteiger partial charge in [-0.05, 0) is 55.0 Å². The highest BCUT2D eigenvalue weighted by atomic mass is 19.3. The Labute approximate surface area is 165 Å². The van der Waals surface area contributed by atoms with Gasteiger partial charge in [0.05, 0.1) is 6.61 Å². The first-order valence-electron chi connectivity index (χ1n) is 8.52. The van der Waals surface area contributed by atoms with Crippen LogP contribution in [0, 0.1) is 11.3 Å². The van der Waals surface area contributed by atoms with Gasteiger partial charge < -0.3 is 14.2 Å². The molecule has 2 rings (SSSR count). The minimum Gasteiger partial charge on any atom is -0.494 e. The van der Waals surface area contributed by atoms with Crippen LogP contribution in [0.5, 0.6) is 11.5 Å². The minimum absolute atomic E-state index is 0.0985. The molecule has 0 N–H and O–H groups in total. The molecule has 29 heavy (non-hydrogen) atoms. The molecule has 2 aromatic rings. The molecular weight excluding hydrogens is 384 g/mol. The third kappa shape index (κ3) is 6.74. The molecule has 0 aliphatic carbocycles. The number of carbonyl (C=O) groups is 2. The number of halogens is 2. The van der Waals surface area contributed by atoms with Crippen molar-refractivity contribution >= 4 is 17.8 Å². The van der Waals surface area contributed by atoms with E-state index in [1.807, 2.05) is 6.92 Å². The first-order chi connectivity index (χ1) is 13.9. The number of benzene rings is 2. The summed E-state index contributed by atoms with van der Waals surface area (Å²) in [6.45, 7) is -1.20. The van der Waals surface area contributed by atoms with Crippen LogP contribution in [0.1, 0.15) is 22.8 Å². The van der Waals surface area contributed by atoms with Crippen molar-refractivity contribution < 1.29 is 32.6 Å². The van der Waals surface area contributed by atoms with Crippen molar-refractivity contribution in [1.82, 2.24) is 0 Å². The normalized spacial score (nSPS) is 10.9. The van der Waals surface area contributed by atoms with Crippen LogP contribution >= 0.6 is 0 Å². The van der Waals surface area contributed by atoms with Gasteiger partial charge in [0.15, 0.2) is 12.4 Å². The molecule has 0 aliphatic heterocycles. The van der Waals surface area contributed by atoms with Gasteiger partial charge in [0, 0.05) is 5.56 Å². The van der Waals surface area contributed by atoms with E-state index in [1.165, 1.54) is 30.3 Å². The third-order valence-corrected chi connectivity index (χ3v) is 3.58. The summed E-state index contributed by atoms with van der Waals surface area (Å²) in [6, 6.07) is 13.4. The minimum atomic E-state index is -2.97. The van der Waals surface area contributed by atoms with Gasteiger partial charge in [0.25, 0.3) is 0 Å². The summed E-state index contributed by atoms with van der Waals surface area (Å²) in [5.41, 5.74) is 0.457. The quantitative estimate of drug-likeness (QED) is 0.273. The molecule has 0 bridgehead atoms. The average Bonchev–Trinajstić information content (AvgIpc) is 2.71. The number of ketones is 1. The lowest BCUT2D eigenvalue weighted by molar-refractivity contribution is -0.137. The molecule has 0 aromatic heterocycles. The van der Waals surface area contributed by atoms with Crippen molar-refractivity contribution in [3.8, 4) is 17.6 Å². The van der Waals surface area contributed by atoms with E-state index >= 15 is 0 Å². The van der Waals surface area contributed by atoms with Gasteiger partial charge in [-0.25, -0.2) is 4.79 Å². The molecule has 0 unspecified atom stereocenters. The maximum absolute atomic E-state index is 12.1. The SMILES string of the molecule is CCOc1ccc(/C=C(\C#N)C(=O)OCC(=O)c2ccc(OC(F)F)cc2)cc1. The van der Waals surface area contributed by atoms with E-state index in [0.29, 0.717) is 17.9 Å². The number of ether oxygens (including phenoxy) is 3. The van der Waals surface area contributed by atoms with Gasteiger partial charge in [-0.2, -0.15) is 14.0 Å². The molecule has 6 nitrogen and oxygen atoms in total. The van der Waals surface area contributed by atoms with Gasteiger partial charge in [0.2, 0.25) is 0 Å². The highest BCUT2D eigenvalue weighted by Crippen LogP contribution is 2.16. The molecule has 0 atom stereocenters. The molecule has 2 aromatic carbocycles. The van der Waals surface area contributed by atoms with Gasteiger partial charge in [0.1, 0.15) is 23.1 Å². The van der Waals surface area contributed by atoms with E-state index in [1.54, 1.807) is 30.3 Å². The highest BCUT2D eigenvalue weighted by molar-refractivity contribution is 6.01. The van der Waals surface area contributed by atoms with Gasteiger partial charge in [-0.15, -0.1) is 0 Å². The summed E-state index contributed by atoms with van der Waals surface area (Å²) in [5, 5.41) is 9.18. The van der Waals surface area contributed by atoms with E-state index in [9.17, 15) is 23.6 Å². The predicted molar refractivity (Wildman–Crippen MR) is 99.6 cm³/mol. The Balaban J connectivity index is 1.97. The molecule has 0 spiro atoms. The summed E-state index contributed by atoms with van der Waals surface area (Å²) in [6.07, 6.45) is 1.33. The van der Waals surface area contributed by atoms with Crippen LogP contribution in [-0.4, -0.2) is 31.6 Å². The fourth-order valence-corrected chi connectivity index (χ4v) is 2.24. The molecule has 0 radical (unpaired) electrons. The zero-order chi connectivity index (χ0) is 21.2. The molecule has 150 valence electrons. The molecule has 8 heteroatoms. The average molecular weight is 401 g/mol. The lowest BCUT2D eigenvalue weighted by Crippen LogP contribution is -2.15. The number of rotatable bonds is 9. The summed E-state index contributed by atoms with van der Waals surface area (Å²) >= 11 is 0. The zero-order valence-electron chi connectivity index (χ0n) is 15.4. The number of hydrogen-bond donors (Lipinski definition) is 0. The Bertz CT molecular complexity index is 916. The Morgan fingerprint density at radius 1 is 1.07 bits per heavy atom. The Hall–Kier alpha value is -3.73. The van der Waals surface area contributed by atoms with Crippen molar-refractivity contribution in [2.45, 2.75) is 13.5 Å². The number of esters is 1. The summed E-state index contributed by atoms with van der Waals surface area (Å²) in [7, 11) is 0. The van der Waals surface area contributed by atoms with E-state index in [0.717, 1.165) is 0 Å². The monoisotopic (exact) mass is 401 g/mol. The number of carbonyl (C=O) groups excluding carboxylic acids is 2. The Morgan fingerprint density at radius 3 is 2.24 bits per heavy atom. The van der Waals surface area contributed by atoms with Crippen LogP contribution in [-0.2, 0) is 9.53 Å². The second kappa shape index (κ2) is 10.6. The second-order valence-electron chi connectivity index (χ2n) is 5.57. The summed E-state index contributed by atoms with van der Waals surface area (Å²) in [5.74, 6) is -0.951. The van der Waals surface area contributed by atoms with Crippen LogP contribution < -0.4 is 9.47 Å². The lowest BCUT2D eigenvalue weighted by Gasteiger charge is -2.06. The predicted octanol–water partition coefficient (Wildman–Crippen LogP) is 4.02. The number of Topliss-reactive ketones (excluding diaryl/α,β-unsaturated/α-hetero) is 1. The summed E-state index contributed by atoms with van der Waals surface area (Å²) in [4.78, 5) is 24.1. The number of nitrogens with zero attached hydrogens (tertiary/aromatic N) is 1. The van der Waals surface area contributed by atoms with Crippen LogP contribution in [0.15, 0.2) is 54.1 Å². The zero-order valence-corrected chi connectivity index (χ0v) is 15.4. The van der Waals surface area contributed by atoms with Crippen molar-refractivity contribution in [1.29, 1.82) is 5.26 Å². The number of hydrogen-bond acceptors (Lipinski definition) is 6. The van der Waals surface area contributed by atoms with E-state index in [-0.39, 0.29) is 16.9 Å². The number of nitriles is 1. The molecule has 0 saturated carbocycles. The van der Waals surface area contributed by atoms with E-state index in [4.69, 9.17) is 9.47 Å². The third-order valence-electron chi connectivity index (χ3n) is 3.58. The van der Waals surface area contributed by atoms with Gasteiger partial charge in [-0.3, -0.25) is 4.79 Å². The van der Waals surface area contributed by atoms with E-state index in [2.05, 4.69) is 4.74 Å². The smallest absolute Gasteiger partial charge is 0.387 e. The highest BCUT2D eigenvalue weighted by Gasteiger charge is 2.15. The van der Waals surface area contributed by atoms with Crippen molar-refractivity contribution in [3.05, 3.63) is 65.2 Å². The van der Waals surface area contributed by atoms with E-state index < -0.39 is 25.0 Å². The fourth-order valence-electron chi connectivity index (χ4n) is 2.24. The molecule has 0 saturated heterocycles. The first kappa shape index (κ1) is 21.6. The molecular formula is C21H17F2NO5. The summed E-state index contributed by atoms with van der Waals surface area (Å²) < 4.78 is 38.6. The number of alkyl halides is 2. The van der Waals surface area contributed by atoms with Crippen molar-refractivity contribution in [2.75, 3.05) is 13.2 Å². The van der Waals surface area contributed by atoms with Crippen LogP contribution in [0.4, 0.5) is 8.78 Å². The van der Waals surface area contributed by atoms with Gasteiger partial charge >= 0.3 is 12.6 Å². The largest absolute Gasteiger partial charge is 0.494 e. The Kier molecular flexibility index (Phi) is 7.86. The maximum atomic E-state index is 12.1. The van der Waals surface area contributed by atoms with Crippen LogP contribution in [0.25, 0.3) is 6.08 Å². The second-order valence-corrected chi connectivity index (χ2v) is 5.57. The standard InChI is InChI=1S/C21H17F2NO5/c1-2-27-17-7-3-14(4-8-17)11-16(12-24)20(26)28-13-19(25)15-5-9-18(10-6-15)29-21(22)23/h3-11,21H,2,13H2,1H3/b16-11+. The lowest BCUT2D eigenvalue weighted by atomic mass is 10.1. The maximum Gasteiger partial charge on any atom is 0.387 e. The first-order valence-corrected chi connectivity index (χ1v) is 8.52. The van der Waals surface area contributed by atoms with Crippen molar-refractivity contribution in [3.63, 3.8) is 0 Å². The van der Waals surface area contributed by atoms with Crippen LogP contribution in [0.2, 0.25) is 0 Å². The van der Waals surface area contributed by atoms with Gasteiger partial charge in [-0.1, -0.05) is 12.1 Å². The topological polar surface area (TPSA) is 85.6 Å². The fraction of sp³-hybridized carbons (Fsp3) is 0.190. The Morgan fingerprint density at radius 2 is 1.69 bits per heavy atom.